The number of benzene rings is 2. The van der Waals surface area contributed by atoms with Crippen molar-refractivity contribution in [2.75, 3.05) is 20.8 Å². The van der Waals surface area contributed by atoms with Crippen molar-refractivity contribution in [2.45, 2.75) is 49.7 Å². The Hall–Kier alpha value is -2.87. The molecule has 6 nitrogen and oxygen atoms in total. The SMILES string of the molecule is COc1cc2c(c(OC)c1)C1C3CCCC(C(=O)N1CC2)N3C(=O)C(F)(F)c1ccc(Cl)cc1. The second kappa shape index (κ2) is 8.41. The zero-order valence-electron chi connectivity index (χ0n) is 18.9. The van der Waals surface area contributed by atoms with Gasteiger partial charge in [0.05, 0.1) is 26.3 Å². The number of methoxy groups -OCH3 is 2. The van der Waals surface area contributed by atoms with Gasteiger partial charge in [-0.05, 0) is 49.4 Å². The lowest BCUT2D eigenvalue weighted by Crippen LogP contribution is -2.68. The van der Waals surface area contributed by atoms with Gasteiger partial charge in [0.2, 0.25) is 5.91 Å². The number of carbonyl (C=O) groups is 2. The van der Waals surface area contributed by atoms with Crippen molar-refractivity contribution in [1.29, 1.82) is 0 Å². The molecular formula is C25H25ClF2N2O4. The number of alkyl halides is 2. The molecule has 0 aliphatic carbocycles. The first-order valence-corrected chi connectivity index (χ1v) is 11.7. The van der Waals surface area contributed by atoms with E-state index in [0.29, 0.717) is 48.7 Å². The van der Waals surface area contributed by atoms with Gasteiger partial charge in [0, 0.05) is 28.8 Å². The fraction of sp³-hybridized carbons (Fsp3) is 0.440. The highest BCUT2D eigenvalue weighted by Crippen LogP contribution is 2.49. The molecule has 2 saturated heterocycles. The summed E-state index contributed by atoms with van der Waals surface area (Å²) in [4.78, 5) is 29.9. The van der Waals surface area contributed by atoms with E-state index in [1.54, 1.807) is 18.1 Å². The van der Waals surface area contributed by atoms with Crippen molar-refractivity contribution in [2.24, 2.45) is 0 Å². The van der Waals surface area contributed by atoms with E-state index in [-0.39, 0.29) is 5.91 Å². The number of hydrogen-bond acceptors (Lipinski definition) is 4. The van der Waals surface area contributed by atoms with Crippen LogP contribution in [0.5, 0.6) is 11.5 Å². The van der Waals surface area contributed by atoms with Crippen molar-refractivity contribution < 1.29 is 27.8 Å². The number of carbonyl (C=O) groups excluding carboxylic acids is 2. The van der Waals surface area contributed by atoms with Crippen molar-refractivity contribution in [3.05, 3.63) is 58.1 Å². The molecule has 2 bridgehead atoms. The highest BCUT2D eigenvalue weighted by atomic mass is 35.5. The van der Waals surface area contributed by atoms with Gasteiger partial charge in [-0.2, -0.15) is 8.78 Å². The zero-order chi connectivity index (χ0) is 24.2. The fourth-order valence-corrected chi connectivity index (χ4v) is 5.81. The summed E-state index contributed by atoms with van der Waals surface area (Å²) in [6, 6.07) is 6.56. The van der Waals surface area contributed by atoms with Gasteiger partial charge in [-0.25, -0.2) is 0 Å². The Labute approximate surface area is 201 Å². The molecule has 0 N–H and O–H groups in total. The number of hydrogen-bond donors (Lipinski definition) is 0. The lowest BCUT2D eigenvalue weighted by molar-refractivity contribution is -0.182. The molecule has 0 saturated carbocycles. The quantitative estimate of drug-likeness (QED) is 0.640. The maximum Gasteiger partial charge on any atom is 0.350 e. The van der Waals surface area contributed by atoms with E-state index in [2.05, 4.69) is 0 Å². The molecule has 3 unspecified atom stereocenters. The number of rotatable bonds is 4. The molecule has 2 fully saturated rings. The molecule has 3 heterocycles. The van der Waals surface area contributed by atoms with Gasteiger partial charge >= 0.3 is 5.92 Å². The average Bonchev–Trinajstić information content (AvgIpc) is 2.85. The molecule has 2 aromatic rings. The smallest absolute Gasteiger partial charge is 0.350 e. The van der Waals surface area contributed by atoms with Crippen molar-refractivity contribution >= 4 is 23.4 Å². The predicted octanol–water partition coefficient (Wildman–Crippen LogP) is 4.34. The largest absolute Gasteiger partial charge is 0.497 e. The molecule has 2 aromatic carbocycles. The van der Waals surface area contributed by atoms with Crippen LogP contribution in [0.15, 0.2) is 36.4 Å². The average molecular weight is 491 g/mol. The number of nitrogens with zero attached hydrogens (tertiary/aromatic N) is 2. The second-order valence-electron chi connectivity index (χ2n) is 8.94. The summed E-state index contributed by atoms with van der Waals surface area (Å²) in [5, 5.41) is 0.300. The molecule has 0 aromatic heterocycles. The van der Waals surface area contributed by atoms with E-state index in [9.17, 15) is 9.59 Å². The van der Waals surface area contributed by atoms with Crippen molar-refractivity contribution in [1.82, 2.24) is 9.80 Å². The highest BCUT2D eigenvalue weighted by Gasteiger charge is 2.57. The van der Waals surface area contributed by atoms with E-state index in [1.807, 2.05) is 6.07 Å². The molecular weight excluding hydrogens is 466 g/mol. The summed E-state index contributed by atoms with van der Waals surface area (Å²) >= 11 is 5.85. The monoisotopic (exact) mass is 490 g/mol. The van der Waals surface area contributed by atoms with Gasteiger partial charge in [-0.1, -0.05) is 23.7 Å². The molecule has 3 aliphatic heterocycles. The second-order valence-corrected chi connectivity index (χ2v) is 9.37. The first kappa shape index (κ1) is 22.9. The lowest BCUT2D eigenvalue weighted by Gasteiger charge is -2.56. The van der Waals surface area contributed by atoms with Crippen LogP contribution in [0.2, 0.25) is 5.02 Å². The normalized spacial score (nSPS) is 23.8. The van der Waals surface area contributed by atoms with Crippen LogP contribution in [-0.4, -0.2) is 54.5 Å². The highest BCUT2D eigenvalue weighted by molar-refractivity contribution is 6.30. The third kappa shape index (κ3) is 3.42. The first-order valence-electron chi connectivity index (χ1n) is 11.3. The van der Waals surface area contributed by atoms with Gasteiger partial charge in [-0.3, -0.25) is 9.59 Å². The van der Waals surface area contributed by atoms with E-state index in [4.69, 9.17) is 21.1 Å². The van der Waals surface area contributed by atoms with Crippen LogP contribution >= 0.6 is 11.6 Å². The van der Waals surface area contributed by atoms with Crippen molar-refractivity contribution in [3.8, 4) is 11.5 Å². The summed E-state index contributed by atoms with van der Waals surface area (Å²) in [6.45, 7) is 0.454. The minimum atomic E-state index is -3.79. The minimum absolute atomic E-state index is 0.287. The zero-order valence-corrected chi connectivity index (χ0v) is 19.6. The van der Waals surface area contributed by atoms with Crippen LogP contribution in [0.3, 0.4) is 0 Å². The molecule has 3 aliphatic rings. The van der Waals surface area contributed by atoms with E-state index in [1.165, 1.54) is 19.2 Å². The number of piperazine rings is 1. The molecule has 180 valence electrons. The maximum absolute atomic E-state index is 15.5. The standard InChI is InChI=1S/C25H25ClF2N2O4/c1-33-17-12-14-10-11-29-22(21(14)20(13-17)34-2)18-4-3-5-19(23(29)31)30(18)24(32)25(27,28)15-6-8-16(26)9-7-15/h6-9,12-13,18-19,22H,3-5,10-11H2,1-2H3. The van der Waals surface area contributed by atoms with Crippen LogP contribution < -0.4 is 9.47 Å². The Morgan fingerprint density at radius 3 is 2.53 bits per heavy atom. The Balaban J connectivity index is 1.60. The molecule has 0 spiro atoms. The summed E-state index contributed by atoms with van der Waals surface area (Å²) < 4.78 is 42.0. The van der Waals surface area contributed by atoms with Gasteiger partial charge in [0.25, 0.3) is 5.91 Å². The Morgan fingerprint density at radius 2 is 1.85 bits per heavy atom. The van der Waals surface area contributed by atoms with Gasteiger partial charge in [0.15, 0.2) is 0 Å². The van der Waals surface area contributed by atoms with Gasteiger partial charge in [-0.15, -0.1) is 0 Å². The Bertz CT molecular complexity index is 1120. The van der Waals surface area contributed by atoms with Gasteiger partial charge in [0.1, 0.15) is 17.5 Å². The van der Waals surface area contributed by atoms with E-state index < -0.39 is 35.5 Å². The molecule has 2 amide bonds. The van der Waals surface area contributed by atoms with Crippen LogP contribution in [0, 0.1) is 0 Å². The van der Waals surface area contributed by atoms with Gasteiger partial charge < -0.3 is 19.3 Å². The fourth-order valence-electron chi connectivity index (χ4n) is 5.68. The number of piperidine rings is 1. The lowest BCUT2D eigenvalue weighted by atomic mass is 9.77. The number of amides is 2. The summed E-state index contributed by atoms with van der Waals surface area (Å²) in [7, 11) is 3.09. The van der Waals surface area contributed by atoms with Crippen LogP contribution in [-0.2, 0) is 21.9 Å². The summed E-state index contributed by atoms with van der Waals surface area (Å²) in [5.41, 5.74) is 1.26. The number of halogens is 3. The van der Waals surface area contributed by atoms with Crippen LogP contribution in [0.25, 0.3) is 0 Å². The topological polar surface area (TPSA) is 59.1 Å². The third-order valence-corrected chi connectivity index (χ3v) is 7.48. The Kier molecular flexibility index (Phi) is 5.67. The number of ether oxygens (including phenoxy) is 2. The minimum Gasteiger partial charge on any atom is -0.497 e. The van der Waals surface area contributed by atoms with Crippen LogP contribution in [0.1, 0.15) is 42.0 Å². The first-order chi connectivity index (χ1) is 16.3. The van der Waals surface area contributed by atoms with E-state index in [0.717, 1.165) is 28.2 Å². The summed E-state index contributed by atoms with van der Waals surface area (Å²) in [5.74, 6) is -4.28. The molecule has 9 heteroatoms. The number of fused-ring (bicyclic) bond motifs is 6. The third-order valence-electron chi connectivity index (χ3n) is 7.22. The van der Waals surface area contributed by atoms with Crippen molar-refractivity contribution in [3.63, 3.8) is 0 Å². The molecule has 0 radical (unpaired) electrons. The summed E-state index contributed by atoms with van der Waals surface area (Å²) in [6.07, 6.45) is 2.16. The van der Waals surface area contributed by atoms with Crippen LogP contribution in [0.4, 0.5) is 8.78 Å². The predicted molar refractivity (Wildman–Crippen MR) is 121 cm³/mol. The maximum atomic E-state index is 15.5. The van der Waals surface area contributed by atoms with E-state index >= 15 is 8.78 Å². The molecule has 3 atom stereocenters. The molecule has 34 heavy (non-hydrogen) atoms. The molecule has 5 rings (SSSR count). The Morgan fingerprint density at radius 1 is 1.12 bits per heavy atom.